The van der Waals surface area contributed by atoms with E-state index in [1.54, 1.807) is 0 Å². The number of phenolic OH excluding ortho intramolecular Hbond substituents is 1. The smallest absolute Gasteiger partial charge is 0.358 e. The Morgan fingerprint density at radius 3 is 2.12 bits per heavy atom. The number of hydrogen-bond donors (Lipinski definition) is 6. The van der Waals surface area contributed by atoms with Crippen molar-refractivity contribution >= 4 is 36.1 Å². The van der Waals surface area contributed by atoms with Crippen molar-refractivity contribution in [1.82, 2.24) is 4.98 Å². The normalized spacial score (nSPS) is 10.4. The van der Waals surface area contributed by atoms with Crippen molar-refractivity contribution in [2.45, 2.75) is 6.92 Å². The van der Waals surface area contributed by atoms with Gasteiger partial charge in [-0.3, -0.25) is 0 Å². The fourth-order valence-corrected chi connectivity index (χ4v) is 3.40. The summed E-state index contributed by atoms with van der Waals surface area (Å²) in [7, 11) is 0. The van der Waals surface area contributed by atoms with E-state index >= 15 is 0 Å². The Kier molecular flexibility index (Phi) is 6.75. The molecule has 1 aromatic carbocycles. The zero-order valence-electron chi connectivity index (χ0n) is 12.8. The molecule has 25 heavy (non-hydrogen) atoms. The van der Waals surface area contributed by atoms with Crippen LogP contribution >= 0.6 is 0 Å². The molecule has 0 aliphatic rings. The van der Waals surface area contributed by atoms with Gasteiger partial charge in [0.1, 0.15) is 5.75 Å². The van der Waals surface area contributed by atoms with Crippen LogP contribution in [0.3, 0.4) is 0 Å². The minimum absolute atomic E-state index is 0.0602. The number of carboxylic acid groups (broad SMARTS) is 1. The molecule has 0 bridgehead atoms. The second-order valence-corrected chi connectivity index (χ2v) is 7.80. The van der Waals surface area contributed by atoms with E-state index in [9.17, 15) is 18.4 Å². The minimum Gasteiger partial charge on any atom is -0.505 e. The van der Waals surface area contributed by atoms with Crippen LogP contribution in [0.4, 0.5) is 5.69 Å². The van der Waals surface area contributed by atoms with Crippen molar-refractivity contribution in [2.24, 2.45) is 0 Å². The second kappa shape index (κ2) is 8.33. The molecule has 0 fully saturated rings. The van der Waals surface area contributed by atoms with Crippen LogP contribution in [0.5, 0.6) is 11.5 Å². The average Bonchev–Trinajstić information content (AvgIpc) is 2.46. The molecule has 0 unspecified atom stereocenters. The number of aromatic hydroxyl groups is 2. The molecule has 0 spiro atoms. The molecule has 134 valence electrons. The summed E-state index contributed by atoms with van der Waals surface area (Å²) in [6, 6.07) is 6.59. The van der Waals surface area contributed by atoms with Gasteiger partial charge < -0.3 is 10.2 Å². The maximum Gasteiger partial charge on any atom is 0.358 e. The van der Waals surface area contributed by atoms with Gasteiger partial charge in [-0.15, -0.1) is 0 Å². The molecule has 0 saturated heterocycles. The Balaban J connectivity index is 0.000000271. The molecule has 0 aliphatic heterocycles. The van der Waals surface area contributed by atoms with Crippen LogP contribution in [0.25, 0.3) is 0 Å². The number of nitrogens with one attached hydrogen (secondary N) is 1. The van der Waals surface area contributed by atoms with Gasteiger partial charge in [0.25, 0.3) is 0 Å². The van der Waals surface area contributed by atoms with Crippen LogP contribution in [-0.2, 0) is 8.53 Å². The third-order valence-electron chi connectivity index (χ3n) is 2.61. The predicted molar refractivity (Wildman–Crippen MR) is 85.8 cm³/mol. The number of rotatable bonds is 3. The molecule has 11 heteroatoms. The monoisotopic (exact) mass is 414 g/mol. The Labute approximate surface area is 144 Å². The average molecular weight is 414 g/mol. The molecule has 2 rings (SSSR count). The second-order valence-electron chi connectivity index (χ2n) is 4.57. The largest absolute Gasteiger partial charge is 0.505 e. The molecule has 6 N–H and O–H groups in total. The SMILES string of the molecule is CC(=O)Nc1cccc(O)c1[As](=O)(O)O.O=C(O)c1ncccc1O. The molecule has 2 aromatic rings. The summed E-state index contributed by atoms with van der Waals surface area (Å²) in [6.45, 7) is 1.21. The van der Waals surface area contributed by atoms with E-state index < -0.39 is 36.1 Å². The third-order valence-corrected chi connectivity index (χ3v) is 4.81. The fraction of sp³-hybridized carbons (Fsp3) is 0.0714. The number of hydrogen-bond acceptors (Lipinski definition) is 6. The molecule has 0 radical (unpaired) electrons. The Hall–Kier alpha value is -2.81. The van der Waals surface area contributed by atoms with E-state index in [0.29, 0.717) is 0 Å². The van der Waals surface area contributed by atoms with Gasteiger partial charge in [0.2, 0.25) is 0 Å². The van der Waals surface area contributed by atoms with Crippen molar-refractivity contribution in [1.29, 1.82) is 0 Å². The van der Waals surface area contributed by atoms with Crippen LogP contribution < -0.4 is 9.67 Å². The molecule has 1 heterocycles. The molecular formula is C14H15AsN2O8. The van der Waals surface area contributed by atoms with Crippen molar-refractivity contribution in [3.8, 4) is 11.5 Å². The number of nitrogens with zero attached hydrogens (tertiary/aromatic N) is 1. The van der Waals surface area contributed by atoms with Crippen LogP contribution in [0, 0.1) is 0 Å². The summed E-state index contributed by atoms with van der Waals surface area (Å²) in [5.74, 6) is -2.52. The summed E-state index contributed by atoms with van der Waals surface area (Å²) >= 11 is -5.25. The fourth-order valence-electron chi connectivity index (χ4n) is 1.69. The van der Waals surface area contributed by atoms with Crippen LogP contribution in [0.2, 0.25) is 0 Å². The van der Waals surface area contributed by atoms with Gasteiger partial charge in [-0.1, -0.05) is 0 Å². The first-order chi connectivity index (χ1) is 11.5. The van der Waals surface area contributed by atoms with Gasteiger partial charge in [0.15, 0.2) is 5.69 Å². The van der Waals surface area contributed by atoms with E-state index in [1.165, 1.54) is 37.4 Å². The van der Waals surface area contributed by atoms with Crippen molar-refractivity contribution < 1.29 is 36.8 Å². The Bertz CT molecular complexity index is 833. The number of pyridine rings is 1. The van der Waals surface area contributed by atoms with E-state index in [-0.39, 0.29) is 17.1 Å². The predicted octanol–water partition coefficient (Wildman–Crippen LogP) is -0.603. The zero-order valence-corrected chi connectivity index (χ0v) is 14.7. The molecule has 0 aliphatic carbocycles. The Morgan fingerprint density at radius 1 is 1.08 bits per heavy atom. The van der Waals surface area contributed by atoms with Crippen molar-refractivity contribution in [3.63, 3.8) is 0 Å². The standard InChI is InChI=1S/C8H10AsNO5.C6H5NO3/c1-5(11)10-6-3-2-4-7(12)8(6)9(13,14)15;8-4-2-1-3-7-5(4)6(9)10/h2-4,12H,1H3,(H,10,11)(H2,13,14,15);1-3,8H,(H,9,10). The first-order valence-corrected chi connectivity index (χ1v) is 9.95. The first-order valence-electron chi connectivity index (χ1n) is 6.57. The number of aromatic carboxylic acids is 1. The maximum atomic E-state index is 11.1. The number of amides is 1. The number of anilines is 1. The van der Waals surface area contributed by atoms with E-state index in [1.807, 2.05) is 0 Å². The van der Waals surface area contributed by atoms with Gasteiger partial charge >= 0.3 is 94.1 Å². The van der Waals surface area contributed by atoms with Gasteiger partial charge in [-0.05, 0) is 12.1 Å². The summed E-state index contributed by atoms with van der Waals surface area (Å²) in [5, 5.41) is 28.7. The van der Waals surface area contributed by atoms with Crippen LogP contribution in [0.1, 0.15) is 17.4 Å². The zero-order chi connectivity index (χ0) is 19.2. The molecular weight excluding hydrogens is 399 g/mol. The number of carboxylic acids is 1. The number of benzene rings is 1. The number of carbonyl (C=O) groups is 2. The Morgan fingerprint density at radius 2 is 1.68 bits per heavy atom. The number of carbonyl (C=O) groups excluding carboxylic acids is 1. The van der Waals surface area contributed by atoms with Crippen molar-refractivity contribution in [2.75, 3.05) is 5.32 Å². The van der Waals surface area contributed by atoms with Crippen LogP contribution in [0.15, 0.2) is 36.5 Å². The van der Waals surface area contributed by atoms with E-state index in [0.717, 1.165) is 6.07 Å². The molecule has 0 saturated carbocycles. The maximum absolute atomic E-state index is 11.1. The summed E-state index contributed by atoms with van der Waals surface area (Å²) in [6.07, 6.45) is 1.31. The quantitative estimate of drug-likeness (QED) is 0.358. The minimum atomic E-state index is -5.25. The van der Waals surface area contributed by atoms with Gasteiger partial charge in [-0.25, -0.2) is 9.78 Å². The topological polar surface area (TPSA) is 177 Å². The summed E-state index contributed by atoms with van der Waals surface area (Å²) in [4.78, 5) is 24.4. The number of phenols is 1. The number of aromatic nitrogens is 1. The third kappa shape index (κ3) is 5.96. The molecule has 10 nitrogen and oxygen atoms in total. The molecule has 1 amide bonds. The van der Waals surface area contributed by atoms with E-state index in [4.69, 9.17) is 18.4 Å². The summed E-state index contributed by atoms with van der Waals surface area (Å²) < 4.78 is 28.6. The summed E-state index contributed by atoms with van der Waals surface area (Å²) in [5.41, 5.74) is -0.377. The van der Waals surface area contributed by atoms with Crippen LogP contribution in [-0.4, -0.2) is 54.5 Å². The van der Waals surface area contributed by atoms with E-state index in [2.05, 4.69) is 10.3 Å². The van der Waals surface area contributed by atoms with Gasteiger partial charge in [0.05, 0.1) is 0 Å². The molecule has 1 aromatic heterocycles. The molecule has 0 atom stereocenters. The van der Waals surface area contributed by atoms with Gasteiger partial charge in [-0.2, -0.15) is 0 Å². The van der Waals surface area contributed by atoms with Crippen molar-refractivity contribution in [3.05, 3.63) is 42.2 Å². The first kappa shape index (κ1) is 20.2. The van der Waals surface area contributed by atoms with Gasteiger partial charge in [0, 0.05) is 6.20 Å².